The molecule has 1 amide bonds. The minimum Gasteiger partial charge on any atom is -0.480 e. The molecular formula is C18H35NO3. The molecule has 2 N–H and O–H groups in total. The van der Waals surface area contributed by atoms with Crippen LogP contribution in [0, 0.1) is 0 Å². The molecule has 0 saturated carbocycles. The van der Waals surface area contributed by atoms with Crippen molar-refractivity contribution < 1.29 is 16.1 Å². The molecule has 0 aliphatic rings. The Bertz CT molecular complexity index is 298. The largest absolute Gasteiger partial charge is 0.480 e. The molecule has 0 aromatic carbocycles. The maximum atomic E-state index is 11.3. The van der Waals surface area contributed by atoms with Gasteiger partial charge in [-0.2, -0.15) is 0 Å². The van der Waals surface area contributed by atoms with Crippen LogP contribution in [0.3, 0.4) is 0 Å². The number of aliphatic carboxylic acids is 1. The number of nitrogens with one attached hydrogen (secondary N) is 1. The van der Waals surface area contributed by atoms with Gasteiger partial charge >= 0.3 is 5.97 Å². The number of carbonyl (C=O) groups is 2. The predicted molar refractivity (Wildman–Crippen MR) is 91.0 cm³/mol. The van der Waals surface area contributed by atoms with Crippen molar-refractivity contribution in [3.63, 3.8) is 0 Å². The van der Waals surface area contributed by atoms with E-state index in [0.29, 0.717) is 13.3 Å². The maximum absolute atomic E-state index is 11.3. The normalized spacial score (nSPS) is 11.2. The minimum absolute atomic E-state index is 0.157. The molecule has 0 spiro atoms. The Labute approximate surface area is 137 Å². The molecule has 0 aromatic rings. The average Bonchev–Trinajstić information content (AvgIpc) is 2.53. The quantitative estimate of drug-likeness (QED) is 0.407. The first-order valence-electron chi connectivity index (χ1n) is 9.65. The maximum Gasteiger partial charge on any atom is 0.322 e. The van der Waals surface area contributed by atoms with Crippen LogP contribution in [0.5, 0.6) is 0 Å². The highest BCUT2D eigenvalue weighted by atomic mass is 16.4. The Kier molecular flexibility index (Phi) is 14.1. The second kappa shape index (κ2) is 16.3. The Morgan fingerprint density at radius 1 is 0.818 bits per heavy atom. The fourth-order valence-corrected chi connectivity index (χ4v) is 2.49. The van der Waals surface area contributed by atoms with E-state index < -0.39 is 5.97 Å². The lowest BCUT2D eigenvalue weighted by atomic mass is 10.0. The summed E-state index contributed by atoms with van der Waals surface area (Å²) in [7, 11) is 0. The van der Waals surface area contributed by atoms with E-state index >= 15 is 0 Å². The van der Waals surface area contributed by atoms with E-state index in [2.05, 4.69) is 5.32 Å². The molecule has 0 radical (unpaired) electrons. The van der Waals surface area contributed by atoms with Gasteiger partial charge in [-0.15, -0.1) is 0 Å². The van der Waals surface area contributed by atoms with Crippen LogP contribution in [-0.2, 0) is 9.59 Å². The monoisotopic (exact) mass is 314 g/mol. The molecule has 0 saturated heterocycles. The first-order valence-corrected chi connectivity index (χ1v) is 8.94. The predicted octanol–water partition coefficient (Wildman–Crippen LogP) is 4.67. The topological polar surface area (TPSA) is 66.4 Å². The molecule has 130 valence electrons. The lowest BCUT2D eigenvalue weighted by molar-refractivity contribution is -0.137. The van der Waals surface area contributed by atoms with Crippen LogP contribution in [-0.4, -0.2) is 23.5 Å². The van der Waals surface area contributed by atoms with Crippen molar-refractivity contribution in [3.05, 3.63) is 0 Å². The summed E-state index contributed by atoms with van der Waals surface area (Å²) in [5, 5.41) is 10.8. The van der Waals surface area contributed by atoms with Crippen LogP contribution in [0.1, 0.15) is 98.2 Å². The van der Waals surface area contributed by atoms with Gasteiger partial charge in [0, 0.05) is 7.79 Å². The van der Waals surface area contributed by atoms with Gasteiger partial charge in [-0.05, 0) is 6.42 Å². The van der Waals surface area contributed by atoms with E-state index in [1.807, 2.05) is 0 Å². The van der Waals surface area contributed by atoms with Gasteiger partial charge in [-0.3, -0.25) is 9.59 Å². The molecule has 0 bridgehead atoms. The molecule has 0 heterocycles. The Hall–Kier alpha value is -1.06. The highest BCUT2D eigenvalue weighted by Crippen LogP contribution is 2.12. The molecule has 0 aliphatic heterocycles. The van der Waals surface area contributed by atoms with Gasteiger partial charge in [0.1, 0.15) is 6.54 Å². The second-order valence-electron chi connectivity index (χ2n) is 6.02. The van der Waals surface area contributed by atoms with Crippen molar-refractivity contribution in [2.45, 2.75) is 96.8 Å². The number of carboxylic acids is 1. The molecule has 4 nitrogen and oxygen atoms in total. The van der Waals surface area contributed by atoms with Crippen LogP contribution in [0.4, 0.5) is 0 Å². The van der Waals surface area contributed by atoms with E-state index in [-0.39, 0.29) is 12.5 Å². The third-order valence-corrected chi connectivity index (χ3v) is 3.84. The van der Waals surface area contributed by atoms with Gasteiger partial charge in [0.2, 0.25) is 5.91 Å². The average molecular weight is 314 g/mol. The van der Waals surface area contributed by atoms with E-state index in [9.17, 15) is 9.59 Å². The van der Waals surface area contributed by atoms with Gasteiger partial charge in [0.05, 0.1) is 0 Å². The minimum atomic E-state index is -0.994. The highest BCUT2D eigenvalue weighted by Gasteiger charge is 2.03. The molecule has 0 aromatic heterocycles. The first kappa shape index (κ1) is 19.0. The summed E-state index contributed by atoms with van der Waals surface area (Å²) in [4.78, 5) is 21.6. The Balaban J connectivity index is 3.10. The molecule has 22 heavy (non-hydrogen) atoms. The summed E-state index contributed by atoms with van der Waals surface area (Å²) in [5.41, 5.74) is 0. The molecule has 0 unspecified atom stereocenters. The van der Waals surface area contributed by atoms with Crippen molar-refractivity contribution in [2.24, 2.45) is 0 Å². The fourth-order valence-electron chi connectivity index (χ4n) is 2.49. The zero-order valence-electron chi connectivity index (χ0n) is 15.1. The summed E-state index contributed by atoms with van der Waals surface area (Å²) in [6.07, 6.45) is 16.2. The smallest absolute Gasteiger partial charge is 0.322 e. The second-order valence-corrected chi connectivity index (χ2v) is 6.02. The van der Waals surface area contributed by atoms with Crippen molar-refractivity contribution in [2.75, 3.05) is 6.54 Å². The summed E-state index contributed by atoms with van der Waals surface area (Å²) >= 11 is 0. The number of unbranched alkanes of at least 4 members (excludes halogenated alkanes) is 12. The fraction of sp³-hybridized carbons (Fsp3) is 0.889. The number of rotatable bonds is 16. The molecule has 0 aliphatic carbocycles. The zero-order valence-corrected chi connectivity index (χ0v) is 14.1. The van der Waals surface area contributed by atoms with Crippen LogP contribution in [0.15, 0.2) is 0 Å². The van der Waals surface area contributed by atoms with Crippen molar-refractivity contribution >= 4 is 11.9 Å². The van der Waals surface area contributed by atoms with Gasteiger partial charge in [-0.1, -0.05) is 83.9 Å². The van der Waals surface area contributed by atoms with E-state index in [0.717, 1.165) is 19.3 Å². The lowest BCUT2D eigenvalue weighted by Crippen LogP contribution is -2.28. The van der Waals surface area contributed by atoms with E-state index in [4.69, 9.17) is 6.48 Å². The SMILES string of the molecule is [2H]CCCCCCCCCCCCCCCC(=O)NCC(=O)O. The van der Waals surface area contributed by atoms with E-state index in [1.54, 1.807) is 0 Å². The number of amides is 1. The summed E-state index contributed by atoms with van der Waals surface area (Å²) in [6.45, 7) is 0.302. The van der Waals surface area contributed by atoms with Gasteiger partial charge in [-0.25, -0.2) is 0 Å². The zero-order chi connectivity index (χ0) is 17.2. The van der Waals surface area contributed by atoms with Crippen LogP contribution in [0.2, 0.25) is 0 Å². The van der Waals surface area contributed by atoms with Gasteiger partial charge in [0.25, 0.3) is 0 Å². The number of carboxylic acid groups (broad SMARTS) is 1. The van der Waals surface area contributed by atoms with Crippen LogP contribution < -0.4 is 5.32 Å². The molecule has 0 atom stereocenters. The van der Waals surface area contributed by atoms with Crippen molar-refractivity contribution in [3.8, 4) is 0 Å². The van der Waals surface area contributed by atoms with Gasteiger partial charge < -0.3 is 10.4 Å². The Morgan fingerprint density at radius 3 is 1.73 bits per heavy atom. The highest BCUT2D eigenvalue weighted by molar-refractivity contribution is 5.80. The number of hydrogen-bond donors (Lipinski definition) is 2. The third-order valence-electron chi connectivity index (χ3n) is 3.84. The Morgan fingerprint density at radius 2 is 1.27 bits per heavy atom. The molecule has 0 fully saturated rings. The van der Waals surface area contributed by atoms with E-state index in [1.165, 1.54) is 64.2 Å². The van der Waals surface area contributed by atoms with Crippen molar-refractivity contribution in [1.82, 2.24) is 5.32 Å². The third kappa shape index (κ3) is 17.0. The standard InChI is InChI=1S/C18H35NO3/c1-2-3-4-5-6-7-8-9-10-11-12-13-14-15-17(20)19-16-18(21)22/h2-16H2,1H3,(H,19,20)(H,21,22)/i1D. The lowest BCUT2D eigenvalue weighted by Gasteiger charge is -2.04. The number of carbonyl (C=O) groups excluding carboxylic acids is 1. The van der Waals surface area contributed by atoms with Crippen LogP contribution in [0.25, 0.3) is 0 Å². The summed E-state index contributed by atoms with van der Waals surface area (Å²) < 4.78 is 7.07. The summed E-state index contributed by atoms with van der Waals surface area (Å²) in [6, 6.07) is 0. The van der Waals surface area contributed by atoms with Crippen LogP contribution >= 0.6 is 0 Å². The molecule has 4 heteroatoms. The van der Waals surface area contributed by atoms with Gasteiger partial charge in [0.15, 0.2) is 0 Å². The first-order chi connectivity index (χ1) is 11.2. The van der Waals surface area contributed by atoms with Crippen molar-refractivity contribution in [1.29, 1.82) is 0 Å². The molecular weight excluding hydrogens is 278 g/mol. The summed E-state index contributed by atoms with van der Waals surface area (Å²) in [5.74, 6) is -1.15. The number of hydrogen-bond acceptors (Lipinski definition) is 2. The molecule has 0 rings (SSSR count).